The average molecular weight is 222 g/mol. The second-order valence-electron chi connectivity index (χ2n) is 6.08. The fourth-order valence-electron chi connectivity index (χ4n) is 4.33. The van der Waals surface area contributed by atoms with Crippen LogP contribution in [0.2, 0.25) is 0 Å². The van der Waals surface area contributed by atoms with E-state index in [0.717, 1.165) is 23.9 Å². The summed E-state index contributed by atoms with van der Waals surface area (Å²) in [6.45, 7) is 6.37. The highest BCUT2D eigenvalue weighted by atomic mass is 15.2. The van der Waals surface area contributed by atoms with Crippen LogP contribution in [0.4, 0.5) is 0 Å². The second-order valence-corrected chi connectivity index (χ2v) is 6.08. The standard InChI is InChI=1S/C14H26N2/c1-2-11-5-3-7-14(11)16-9-12-6-4-8-15-13(12)10-16/h11-15H,2-10H2,1H3/t11?,12-,13+,14?/m0/s1. The molecule has 2 heteroatoms. The van der Waals surface area contributed by atoms with Crippen LogP contribution >= 0.6 is 0 Å². The monoisotopic (exact) mass is 222 g/mol. The van der Waals surface area contributed by atoms with Gasteiger partial charge in [-0.05, 0) is 44.1 Å². The van der Waals surface area contributed by atoms with Gasteiger partial charge in [0.05, 0.1) is 0 Å². The van der Waals surface area contributed by atoms with Gasteiger partial charge in [0.15, 0.2) is 0 Å². The fraction of sp³-hybridized carbons (Fsp3) is 1.00. The minimum atomic E-state index is 0.826. The molecule has 2 nitrogen and oxygen atoms in total. The van der Waals surface area contributed by atoms with Crippen molar-refractivity contribution in [1.29, 1.82) is 0 Å². The third-order valence-electron chi connectivity index (χ3n) is 5.24. The minimum Gasteiger partial charge on any atom is -0.312 e. The number of fused-ring (bicyclic) bond motifs is 1. The van der Waals surface area contributed by atoms with Gasteiger partial charge in [-0.15, -0.1) is 0 Å². The van der Waals surface area contributed by atoms with Gasteiger partial charge in [-0.3, -0.25) is 4.90 Å². The van der Waals surface area contributed by atoms with Crippen LogP contribution in [-0.2, 0) is 0 Å². The Bertz CT molecular complexity index is 227. The predicted molar refractivity (Wildman–Crippen MR) is 67.5 cm³/mol. The van der Waals surface area contributed by atoms with Crippen LogP contribution in [0.25, 0.3) is 0 Å². The number of nitrogens with one attached hydrogen (secondary N) is 1. The summed E-state index contributed by atoms with van der Waals surface area (Å²) in [6, 6.07) is 1.75. The number of piperidine rings is 1. The Hall–Kier alpha value is -0.0800. The summed E-state index contributed by atoms with van der Waals surface area (Å²) in [5.74, 6) is 1.96. The van der Waals surface area contributed by atoms with Gasteiger partial charge in [0.25, 0.3) is 0 Å². The molecule has 0 aromatic carbocycles. The van der Waals surface area contributed by atoms with Crippen molar-refractivity contribution in [3.05, 3.63) is 0 Å². The maximum absolute atomic E-state index is 3.73. The van der Waals surface area contributed by atoms with E-state index in [1.165, 1.54) is 58.2 Å². The summed E-state index contributed by atoms with van der Waals surface area (Å²) in [6.07, 6.45) is 8.69. The molecule has 1 N–H and O–H groups in total. The van der Waals surface area contributed by atoms with Crippen molar-refractivity contribution in [2.24, 2.45) is 11.8 Å². The first-order chi connectivity index (χ1) is 7.88. The van der Waals surface area contributed by atoms with Gasteiger partial charge in [0.1, 0.15) is 0 Å². The Morgan fingerprint density at radius 1 is 1.12 bits per heavy atom. The van der Waals surface area contributed by atoms with E-state index in [1.807, 2.05) is 0 Å². The minimum absolute atomic E-state index is 0.826. The second kappa shape index (κ2) is 4.66. The van der Waals surface area contributed by atoms with Crippen LogP contribution in [0.3, 0.4) is 0 Å². The molecule has 92 valence electrons. The summed E-state index contributed by atoms with van der Waals surface area (Å²) in [5.41, 5.74) is 0. The molecule has 3 aliphatic rings. The highest BCUT2D eigenvalue weighted by molar-refractivity contribution is 4.96. The van der Waals surface area contributed by atoms with E-state index in [0.29, 0.717) is 0 Å². The van der Waals surface area contributed by atoms with Gasteiger partial charge in [-0.1, -0.05) is 19.8 Å². The van der Waals surface area contributed by atoms with E-state index in [2.05, 4.69) is 17.1 Å². The first-order valence-electron chi connectivity index (χ1n) is 7.36. The molecule has 2 heterocycles. The largest absolute Gasteiger partial charge is 0.312 e. The first kappa shape index (κ1) is 11.0. The van der Waals surface area contributed by atoms with Crippen molar-refractivity contribution in [3.8, 4) is 0 Å². The molecule has 0 bridgehead atoms. The van der Waals surface area contributed by atoms with Crippen LogP contribution in [0.5, 0.6) is 0 Å². The normalized spacial score (nSPS) is 44.8. The zero-order chi connectivity index (χ0) is 11.0. The lowest BCUT2D eigenvalue weighted by Crippen LogP contribution is -2.41. The van der Waals surface area contributed by atoms with E-state index < -0.39 is 0 Å². The Morgan fingerprint density at radius 3 is 2.88 bits per heavy atom. The SMILES string of the molecule is CCC1CCCC1N1C[C@@H]2CCCN[C@@H]2C1. The molecule has 2 unspecified atom stereocenters. The molecular weight excluding hydrogens is 196 g/mol. The van der Waals surface area contributed by atoms with E-state index in [9.17, 15) is 0 Å². The highest BCUT2D eigenvalue weighted by Crippen LogP contribution is 2.36. The molecule has 4 atom stereocenters. The number of hydrogen-bond acceptors (Lipinski definition) is 2. The number of hydrogen-bond donors (Lipinski definition) is 1. The van der Waals surface area contributed by atoms with E-state index in [4.69, 9.17) is 0 Å². The van der Waals surface area contributed by atoms with Crippen LogP contribution < -0.4 is 5.32 Å². The van der Waals surface area contributed by atoms with Gasteiger partial charge < -0.3 is 5.32 Å². The van der Waals surface area contributed by atoms with Gasteiger partial charge >= 0.3 is 0 Å². The molecule has 1 saturated carbocycles. The van der Waals surface area contributed by atoms with Crippen molar-refractivity contribution < 1.29 is 0 Å². The lowest BCUT2D eigenvalue weighted by atomic mass is 9.94. The zero-order valence-corrected chi connectivity index (χ0v) is 10.6. The summed E-state index contributed by atoms with van der Waals surface area (Å²) in [4.78, 5) is 2.83. The van der Waals surface area contributed by atoms with Crippen LogP contribution in [0.1, 0.15) is 45.4 Å². The van der Waals surface area contributed by atoms with Gasteiger partial charge in [0.2, 0.25) is 0 Å². The van der Waals surface area contributed by atoms with Gasteiger partial charge in [-0.2, -0.15) is 0 Å². The topological polar surface area (TPSA) is 15.3 Å². The molecule has 0 aromatic rings. The molecule has 0 amide bonds. The molecule has 2 aliphatic heterocycles. The van der Waals surface area contributed by atoms with E-state index in [1.54, 1.807) is 0 Å². The predicted octanol–water partition coefficient (Wildman–Crippen LogP) is 2.25. The van der Waals surface area contributed by atoms with E-state index >= 15 is 0 Å². The maximum atomic E-state index is 3.73. The maximum Gasteiger partial charge on any atom is 0.0235 e. The summed E-state index contributed by atoms with van der Waals surface area (Å²) in [7, 11) is 0. The van der Waals surface area contributed by atoms with Gasteiger partial charge in [0, 0.05) is 25.2 Å². The van der Waals surface area contributed by atoms with Crippen molar-refractivity contribution in [1.82, 2.24) is 10.2 Å². The highest BCUT2D eigenvalue weighted by Gasteiger charge is 2.40. The van der Waals surface area contributed by atoms with Crippen LogP contribution in [0, 0.1) is 11.8 Å². The van der Waals surface area contributed by atoms with Crippen LogP contribution in [0.15, 0.2) is 0 Å². The lowest BCUT2D eigenvalue weighted by Gasteiger charge is -2.29. The molecule has 1 aliphatic carbocycles. The third-order valence-corrected chi connectivity index (χ3v) is 5.24. The molecule has 0 spiro atoms. The molecule has 16 heavy (non-hydrogen) atoms. The summed E-state index contributed by atoms with van der Waals surface area (Å²) in [5, 5.41) is 3.73. The quantitative estimate of drug-likeness (QED) is 0.771. The molecule has 3 rings (SSSR count). The Morgan fingerprint density at radius 2 is 2.06 bits per heavy atom. The average Bonchev–Trinajstić information content (AvgIpc) is 2.94. The molecule has 3 fully saturated rings. The van der Waals surface area contributed by atoms with Crippen molar-refractivity contribution >= 4 is 0 Å². The van der Waals surface area contributed by atoms with Crippen LogP contribution in [-0.4, -0.2) is 36.6 Å². The number of rotatable bonds is 2. The lowest BCUT2D eigenvalue weighted by molar-refractivity contribution is 0.186. The van der Waals surface area contributed by atoms with Crippen molar-refractivity contribution in [2.45, 2.75) is 57.5 Å². The van der Waals surface area contributed by atoms with E-state index in [-0.39, 0.29) is 0 Å². The third kappa shape index (κ3) is 1.91. The first-order valence-corrected chi connectivity index (χ1v) is 7.36. The Labute approximate surface area is 99.8 Å². The summed E-state index contributed by atoms with van der Waals surface area (Å²) < 4.78 is 0. The Balaban J connectivity index is 1.63. The number of nitrogens with zero attached hydrogens (tertiary/aromatic N) is 1. The Kier molecular flexibility index (Phi) is 3.21. The van der Waals surface area contributed by atoms with Crippen molar-refractivity contribution in [3.63, 3.8) is 0 Å². The molecule has 0 radical (unpaired) electrons. The zero-order valence-electron chi connectivity index (χ0n) is 10.6. The van der Waals surface area contributed by atoms with Crippen molar-refractivity contribution in [2.75, 3.05) is 19.6 Å². The smallest absolute Gasteiger partial charge is 0.0235 e. The molecular formula is C14H26N2. The fourth-order valence-corrected chi connectivity index (χ4v) is 4.33. The molecule has 0 aromatic heterocycles. The summed E-state index contributed by atoms with van der Waals surface area (Å²) >= 11 is 0. The number of likely N-dealkylation sites (tertiary alicyclic amines) is 1. The molecule has 2 saturated heterocycles. The van der Waals surface area contributed by atoms with Gasteiger partial charge in [-0.25, -0.2) is 0 Å².